The standard InChI is InChI=1S/C34H45N7O5/c1-34(2,3)46-33(44)41-20-25-19-29(41)31(42)35-12-7-13-36-32(43)30-22-38(4)14-15-39(30)16-17-40-21-27-26(10-6-11-28(27)37-40)23-8-5-9-24(18-23)45-25/h5-6,8-11,18,21,25,29-30H,7,12-17,19-20,22H2,1-4H3,(H,35,42)(H,36,43)/t25-,29-,30?/m0/s1. The van der Waals surface area contributed by atoms with Crippen LogP contribution in [0.4, 0.5) is 4.79 Å². The summed E-state index contributed by atoms with van der Waals surface area (Å²) in [5.41, 5.74) is 2.21. The van der Waals surface area contributed by atoms with Crippen LogP contribution >= 0.6 is 0 Å². The molecule has 0 spiro atoms. The third kappa shape index (κ3) is 7.28. The number of fused-ring (bicyclic) bond motifs is 7. The van der Waals surface area contributed by atoms with Crippen molar-refractivity contribution in [3.8, 4) is 16.9 Å². The molecule has 1 aromatic heterocycles. The molecule has 3 aromatic rings. The van der Waals surface area contributed by atoms with Gasteiger partial charge in [-0.15, -0.1) is 0 Å². The zero-order chi connectivity index (χ0) is 32.4. The number of nitrogens with zero attached hydrogens (tertiary/aromatic N) is 5. The van der Waals surface area contributed by atoms with Crippen molar-refractivity contribution in [1.29, 1.82) is 0 Å². The molecule has 2 N–H and O–H groups in total. The van der Waals surface area contributed by atoms with Gasteiger partial charge in [-0.1, -0.05) is 24.3 Å². The number of aromatic nitrogens is 2. The fourth-order valence-electron chi connectivity index (χ4n) is 6.49. The molecule has 46 heavy (non-hydrogen) atoms. The maximum absolute atomic E-state index is 13.4. The van der Waals surface area contributed by atoms with Crippen molar-refractivity contribution in [1.82, 2.24) is 35.1 Å². The fourth-order valence-corrected chi connectivity index (χ4v) is 6.49. The molecule has 2 fully saturated rings. The Kier molecular flexibility index (Phi) is 9.19. The van der Waals surface area contributed by atoms with Crippen molar-refractivity contribution in [2.24, 2.45) is 0 Å². The number of nitrogens with one attached hydrogen (secondary N) is 2. The Hall–Kier alpha value is -4.16. The molecule has 2 aromatic carbocycles. The number of likely N-dealkylation sites (N-methyl/N-ethyl adjacent to an activating group) is 1. The highest BCUT2D eigenvalue weighted by Gasteiger charge is 2.42. The van der Waals surface area contributed by atoms with Crippen LogP contribution in [0.3, 0.4) is 0 Å². The van der Waals surface area contributed by atoms with Crippen molar-refractivity contribution in [2.75, 3.05) is 52.9 Å². The summed E-state index contributed by atoms with van der Waals surface area (Å²) in [7, 11) is 2.04. The van der Waals surface area contributed by atoms with Crippen LogP contribution < -0.4 is 15.4 Å². The number of benzene rings is 2. The zero-order valence-electron chi connectivity index (χ0n) is 27.2. The van der Waals surface area contributed by atoms with Crippen LogP contribution in [-0.2, 0) is 20.9 Å². The lowest BCUT2D eigenvalue weighted by molar-refractivity contribution is -0.128. The van der Waals surface area contributed by atoms with E-state index in [1.807, 2.05) is 48.1 Å². The van der Waals surface area contributed by atoms with Gasteiger partial charge in [0, 0.05) is 57.3 Å². The molecule has 3 amide bonds. The van der Waals surface area contributed by atoms with Gasteiger partial charge in [0.1, 0.15) is 29.5 Å². The van der Waals surface area contributed by atoms with Gasteiger partial charge in [0.05, 0.1) is 18.6 Å². The summed E-state index contributed by atoms with van der Waals surface area (Å²) >= 11 is 0. The predicted molar refractivity (Wildman–Crippen MR) is 174 cm³/mol. The average molecular weight is 632 g/mol. The number of likely N-dealkylation sites (tertiary alicyclic amines) is 1. The predicted octanol–water partition coefficient (Wildman–Crippen LogP) is 2.71. The van der Waals surface area contributed by atoms with E-state index >= 15 is 0 Å². The van der Waals surface area contributed by atoms with Gasteiger partial charge in [-0.05, 0) is 63.6 Å². The van der Waals surface area contributed by atoms with Crippen LogP contribution in [0.5, 0.6) is 5.75 Å². The van der Waals surface area contributed by atoms with Gasteiger partial charge in [0.15, 0.2) is 0 Å². The van der Waals surface area contributed by atoms with E-state index in [4.69, 9.17) is 14.6 Å². The van der Waals surface area contributed by atoms with E-state index in [2.05, 4.69) is 32.7 Å². The van der Waals surface area contributed by atoms with E-state index in [9.17, 15) is 14.4 Å². The Morgan fingerprint density at radius 3 is 2.48 bits per heavy atom. The molecule has 12 heteroatoms. The molecule has 4 heterocycles. The molecule has 0 aliphatic carbocycles. The van der Waals surface area contributed by atoms with E-state index in [1.165, 1.54) is 4.90 Å². The van der Waals surface area contributed by atoms with Crippen molar-refractivity contribution in [3.05, 3.63) is 48.7 Å². The molecule has 2 saturated heterocycles. The van der Waals surface area contributed by atoms with Gasteiger partial charge in [-0.25, -0.2) is 4.79 Å². The lowest BCUT2D eigenvalue weighted by atomic mass is 10.0. The summed E-state index contributed by atoms with van der Waals surface area (Å²) in [5, 5.41) is 11.9. The molecule has 6 bridgehead atoms. The number of ether oxygens (including phenoxy) is 2. The maximum atomic E-state index is 13.4. The van der Waals surface area contributed by atoms with Gasteiger partial charge in [0.25, 0.3) is 0 Å². The van der Waals surface area contributed by atoms with E-state index < -0.39 is 23.8 Å². The van der Waals surface area contributed by atoms with Crippen molar-refractivity contribution in [3.63, 3.8) is 0 Å². The molecular formula is C34H45N7O5. The molecule has 246 valence electrons. The molecule has 3 aliphatic rings. The summed E-state index contributed by atoms with van der Waals surface area (Å²) in [6.45, 7) is 10.1. The van der Waals surface area contributed by atoms with Gasteiger partial charge in [0.2, 0.25) is 11.8 Å². The molecule has 3 aliphatic heterocycles. The second kappa shape index (κ2) is 13.3. The smallest absolute Gasteiger partial charge is 0.411 e. The average Bonchev–Trinajstić information content (AvgIpc) is 3.63. The third-order valence-corrected chi connectivity index (χ3v) is 8.80. The van der Waals surface area contributed by atoms with Crippen LogP contribution in [0.25, 0.3) is 22.0 Å². The monoisotopic (exact) mass is 631 g/mol. The minimum absolute atomic E-state index is 0.0142. The number of carbonyl (C=O) groups excluding carboxylic acids is 3. The van der Waals surface area contributed by atoms with Crippen molar-refractivity contribution >= 4 is 28.8 Å². The maximum Gasteiger partial charge on any atom is 0.411 e. The zero-order valence-corrected chi connectivity index (χ0v) is 27.2. The largest absolute Gasteiger partial charge is 0.488 e. The quantitative estimate of drug-likeness (QED) is 0.389. The summed E-state index contributed by atoms with van der Waals surface area (Å²) in [4.78, 5) is 45.8. The number of hydrogen-bond acceptors (Lipinski definition) is 8. The first-order valence-corrected chi connectivity index (χ1v) is 16.2. The normalized spacial score (nSPS) is 23.9. The highest BCUT2D eigenvalue weighted by Crippen LogP contribution is 2.32. The van der Waals surface area contributed by atoms with E-state index in [1.54, 1.807) is 20.8 Å². The van der Waals surface area contributed by atoms with Crippen LogP contribution in [0.2, 0.25) is 0 Å². The molecular weight excluding hydrogens is 586 g/mol. The van der Waals surface area contributed by atoms with Gasteiger partial charge in [-0.3, -0.25) is 24.1 Å². The Morgan fingerprint density at radius 2 is 1.70 bits per heavy atom. The number of rotatable bonds is 0. The van der Waals surface area contributed by atoms with Gasteiger partial charge < -0.3 is 25.0 Å². The minimum atomic E-state index is -0.735. The molecule has 6 rings (SSSR count). The number of amides is 3. The molecule has 3 atom stereocenters. The number of carbonyl (C=O) groups is 3. The Labute approximate surface area is 270 Å². The summed E-state index contributed by atoms with van der Waals surface area (Å²) in [6, 6.07) is 13.0. The SMILES string of the molecule is CN1CCN2CCn3cc4c(cccc4n3)-c3cccc(c3)O[C@H]3C[C@@H](C(=O)NCCCNC(=O)C2C1)N(C(=O)OC(C)(C)C)C3. The second-order valence-electron chi connectivity index (χ2n) is 13.5. The lowest BCUT2D eigenvalue weighted by Gasteiger charge is -2.39. The summed E-state index contributed by atoms with van der Waals surface area (Å²) in [5.74, 6) is 0.388. The molecule has 0 radical (unpaired) electrons. The highest BCUT2D eigenvalue weighted by atomic mass is 16.6. The minimum Gasteiger partial charge on any atom is -0.488 e. The van der Waals surface area contributed by atoms with Crippen LogP contribution in [0.15, 0.2) is 48.7 Å². The third-order valence-electron chi connectivity index (χ3n) is 8.80. The molecule has 0 saturated carbocycles. The van der Waals surface area contributed by atoms with E-state index in [0.29, 0.717) is 51.3 Å². The van der Waals surface area contributed by atoms with Gasteiger partial charge >= 0.3 is 6.09 Å². The fraction of sp³-hybridized carbons (Fsp3) is 0.529. The highest BCUT2D eigenvalue weighted by molar-refractivity contribution is 5.94. The van der Waals surface area contributed by atoms with Crippen LogP contribution in [0, 0.1) is 0 Å². The first kappa shape index (κ1) is 31.8. The summed E-state index contributed by atoms with van der Waals surface area (Å²) < 4.78 is 14.0. The number of hydrogen-bond donors (Lipinski definition) is 2. The van der Waals surface area contributed by atoms with E-state index in [0.717, 1.165) is 35.1 Å². The molecule has 1 unspecified atom stereocenters. The topological polar surface area (TPSA) is 121 Å². The Bertz CT molecular complexity index is 1580. The Morgan fingerprint density at radius 1 is 0.957 bits per heavy atom. The number of piperazine rings is 1. The Balaban J connectivity index is 1.30. The first-order valence-electron chi connectivity index (χ1n) is 16.2. The first-order chi connectivity index (χ1) is 22.0. The van der Waals surface area contributed by atoms with Gasteiger partial charge in [-0.2, -0.15) is 5.10 Å². The summed E-state index contributed by atoms with van der Waals surface area (Å²) in [6.07, 6.45) is 2.03. The molecule has 12 nitrogen and oxygen atoms in total. The van der Waals surface area contributed by atoms with E-state index in [-0.39, 0.29) is 24.4 Å². The lowest BCUT2D eigenvalue weighted by Crippen LogP contribution is -2.58. The second-order valence-corrected chi connectivity index (χ2v) is 13.5. The van der Waals surface area contributed by atoms with Crippen LogP contribution in [0.1, 0.15) is 33.6 Å². The van der Waals surface area contributed by atoms with Crippen molar-refractivity contribution in [2.45, 2.75) is 63.9 Å². The van der Waals surface area contributed by atoms with Crippen molar-refractivity contribution < 1.29 is 23.9 Å². The van der Waals surface area contributed by atoms with Crippen LogP contribution in [-0.4, -0.2) is 119 Å².